The summed E-state index contributed by atoms with van der Waals surface area (Å²) in [6, 6.07) is 22.5. The van der Waals surface area contributed by atoms with Gasteiger partial charge in [-0.3, -0.25) is 0 Å². The van der Waals surface area contributed by atoms with Gasteiger partial charge in [-0.2, -0.15) is 0 Å². The lowest BCUT2D eigenvalue weighted by atomic mass is 10.0. The van der Waals surface area contributed by atoms with Crippen LogP contribution < -0.4 is 0 Å². The van der Waals surface area contributed by atoms with Gasteiger partial charge < -0.3 is 9.47 Å². The number of ether oxygens (including phenoxy) is 2. The number of hydrogen-bond acceptors (Lipinski definition) is 4. The SMILES string of the molecule is COC(=O)c1cc2c3ccccc3c3cc(C)cc4c5ccccc5c(c2c1C(=O)OC)c34. The van der Waals surface area contributed by atoms with Crippen LogP contribution in [0.25, 0.3) is 53.9 Å². The van der Waals surface area contributed by atoms with E-state index in [1.807, 2.05) is 30.3 Å². The van der Waals surface area contributed by atoms with E-state index in [2.05, 4.69) is 37.3 Å². The number of methoxy groups -OCH3 is 2. The molecule has 33 heavy (non-hydrogen) atoms. The highest BCUT2D eigenvalue weighted by molar-refractivity contribution is 6.42. The molecule has 0 aromatic heterocycles. The molecule has 160 valence electrons. The average molecular weight is 432 g/mol. The maximum Gasteiger partial charge on any atom is 0.339 e. The quantitative estimate of drug-likeness (QED) is 0.283. The van der Waals surface area contributed by atoms with Crippen LogP contribution >= 0.6 is 0 Å². The fourth-order valence-electron chi connectivity index (χ4n) is 5.38. The van der Waals surface area contributed by atoms with Gasteiger partial charge in [0.15, 0.2) is 0 Å². The highest BCUT2D eigenvalue weighted by atomic mass is 16.5. The smallest absolute Gasteiger partial charge is 0.339 e. The second kappa shape index (κ2) is 6.91. The Bertz CT molecular complexity index is 1780. The maximum atomic E-state index is 13.1. The Morgan fingerprint density at radius 2 is 1.06 bits per heavy atom. The average Bonchev–Trinajstić information content (AvgIpc) is 3.35. The van der Waals surface area contributed by atoms with Crippen LogP contribution in [-0.4, -0.2) is 26.2 Å². The molecule has 0 heterocycles. The van der Waals surface area contributed by atoms with Gasteiger partial charge in [-0.05, 0) is 67.0 Å². The summed E-state index contributed by atoms with van der Waals surface area (Å²) in [7, 11) is 2.66. The Kier molecular flexibility index (Phi) is 4.08. The summed E-state index contributed by atoms with van der Waals surface area (Å²) in [5.74, 6) is -1.11. The standard InChI is InChI=1S/C29H20O4/c1-15-12-20-16-8-4-5-9-17(16)22-14-23(28(30)32-2)27(29(31)33-3)26(22)25-19-11-7-6-10-18(19)21(13-15)24(20)25/h4-14H,1-3H3. The van der Waals surface area contributed by atoms with Crippen molar-refractivity contribution in [2.24, 2.45) is 0 Å². The van der Waals surface area contributed by atoms with Crippen molar-refractivity contribution in [2.45, 2.75) is 6.92 Å². The van der Waals surface area contributed by atoms with Crippen molar-refractivity contribution < 1.29 is 19.1 Å². The fourth-order valence-corrected chi connectivity index (χ4v) is 5.38. The zero-order valence-electron chi connectivity index (χ0n) is 18.5. The molecular weight excluding hydrogens is 412 g/mol. The molecule has 0 amide bonds. The van der Waals surface area contributed by atoms with Crippen LogP contribution in [0.3, 0.4) is 0 Å². The second-order valence-electron chi connectivity index (χ2n) is 8.41. The van der Waals surface area contributed by atoms with E-state index in [9.17, 15) is 9.59 Å². The summed E-state index contributed by atoms with van der Waals surface area (Å²) in [5.41, 5.74) is 1.64. The molecule has 0 saturated heterocycles. The summed E-state index contributed by atoms with van der Waals surface area (Å²) in [4.78, 5) is 25.9. The van der Waals surface area contributed by atoms with Gasteiger partial charge in [0, 0.05) is 5.39 Å². The van der Waals surface area contributed by atoms with Crippen molar-refractivity contribution in [3.63, 3.8) is 0 Å². The van der Waals surface area contributed by atoms with E-state index in [0.29, 0.717) is 0 Å². The van der Waals surface area contributed by atoms with Crippen molar-refractivity contribution >= 4 is 65.8 Å². The zero-order chi connectivity index (χ0) is 22.9. The van der Waals surface area contributed by atoms with Crippen molar-refractivity contribution in [3.8, 4) is 0 Å². The molecule has 0 radical (unpaired) electrons. The molecule has 4 nitrogen and oxygen atoms in total. The van der Waals surface area contributed by atoms with Gasteiger partial charge in [0.1, 0.15) is 0 Å². The first-order chi connectivity index (χ1) is 16.0. The van der Waals surface area contributed by atoms with Crippen LogP contribution in [0.5, 0.6) is 0 Å². The summed E-state index contributed by atoms with van der Waals surface area (Å²) < 4.78 is 10.2. The van der Waals surface area contributed by atoms with Crippen molar-refractivity contribution in [2.75, 3.05) is 14.2 Å². The lowest BCUT2D eigenvalue weighted by molar-refractivity contribution is 0.0558. The van der Waals surface area contributed by atoms with Gasteiger partial charge in [-0.15, -0.1) is 0 Å². The van der Waals surface area contributed by atoms with Crippen LogP contribution in [0, 0.1) is 6.92 Å². The van der Waals surface area contributed by atoms with E-state index in [1.165, 1.54) is 19.8 Å². The summed E-state index contributed by atoms with van der Waals surface area (Å²) in [6.45, 7) is 2.10. The number of fused-ring (bicyclic) bond motifs is 8. The minimum absolute atomic E-state index is 0.221. The van der Waals surface area contributed by atoms with E-state index in [4.69, 9.17) is 9.47 Å². The predicted molar refractivity (Wildman–Crippen MR) is 133 cm³/mol. The molecular formula is C29H20O4. The minimum Gasteiger partial charge on any atom is -0.465 e. The number of carbonyl (C=O) groups excluding carboxylic acids is 2. The summed E-state index contributed by atoms with van der Waals surface area (Å²) in [6.07, 6.45) is 0. The number of hydrogen-bond donors (Lipinski definition) is 0. The third kappa shape index (κ3) is 2.52. The molecule has 0 bridgehead atoms. The summed E-state index contributed by atoms with van der Waals surface area (Å²) in [5, 5.41) is 10.1. The van der Waals surface area contributed by atoms with Crippen LogP contribution in [-0.2, 0) is 9.47 Å². The summed E-state index contributed by atoms with van der Waals surface area (Å²) >= 11 is 0. The molecule has 0 aliphatic carbocycles. The maximum absolute atomic E-state index is 13.1. The molecule has 6 rings (SSSR count). The molecule has 6 aromatic rings. The third-order valence-corrected chi connectivity index (χ3v) is 6.65. The molecule has 0 atom stereocenters. The van der Waals surface area contributed by atoms with Gasteiger partial charge in [0.05, 0.1) is 25.3 Å². The molecule has 0 aliphatic heterocycles. The Morgan fingerprint density at radius 1 is 0.576 bits per heavy atom. The molecule has 0 aliphatic rings. The molecule has 0 unspecified atom stereocenters. The van der Waals surface area contributed by atoms with Crippen molar-refractivity contribution in [3.05, 3.63) is 83.4 Å². The highest BCUT2D eigenvalue weighted by Crippen LogP contribution is 2.47. The zero-order valence-corrected chi connectivity index (χ0v) is 18.5. The largest absolute Gasteiger partial charge is 0.465 e. The lowest BCUT2D eigenvalue weighted by Gasteiger charge is -2.04. The topological polar surface area (TPSA) is 52.6 Å². The number of aryl methyl sites for hydroxylation is 1. The van der Waals surface area contributed by atoms with Crippen molar-refractivity contribution in [1.29, 1.82) is 0 Å². The Labute approximate surface area is 189 Å². The first kappa shape index (κ1) is 19.5. The first-order valence-corrected chi connectivity index (χ1v) is 10.8. The third-order valence-electron chi connectivity index (χ3n) is 6.65. The van der Waals surface area contributed by atoms with Crippen LogP contribution in [0.2, 0.25) is 0 Å². The lowest BCUT2D eigenvalue weighted by Crippen LogP contribution is -2.09. The van der Waals surface area contributed by atoms with E-state index in [-0.39, 0.29) is 11.1 Å². The Morgan fingerprint density at radius 3 is 1.61 bits per heavy atom. The van der Waals surface area contributed by atoms with Crippen molar-refractivity contribution in [1.82, 2.24) is 0 Å². The second-order valence-corrected chi connectivity index (χ2v) is 8.41. The van der Waals surface area contributed by atoms with Gasteiger partial charge in [-0.1, -0.05) is 60.7 Å². The molecule has 0 spiro atoms. The van der Waals surface area contributed by atoms with Gasteiger partial charge in [-0.25, -0.2) is 9.59 Å². The van der Waals surface area contributed by atoms with E-state index in [0.717, 1.165) is 53.9 Å². The van der Waals surface area contributed by atoms with Crippen LogP contribution in [0.15, 0.2) is 66.7 Å². The minimum atomic E-state index is -0.558. The normalized spacial score (nSPS) is 11.7. The van der Waals surface area contributed by atoms with Gasteiger partial charge >= 0.3 is 11.9 Å². The molecule has 4 heteroatoms. The van der Waals surface area contributed by atoms with Crippen LogP contribution in [0.4, 0.5) is 0 Å². The molecule has 6 aromatic carbocycles. The van der Waals surface area contributed by atoms with Gasteiger partial charge in [0.2, 0.25) is 0 Å². The number of rotatable bonds is 2. The van der Waals surface area contributed by atoms with E-state index >= 15 is 0 Å². The first-order valence-electron chi connectivity index (χ1n) is 10.8. The van der Waals surface area contributed by atoms with E-state index in [1.54, 1.807) is 6.07 Å². The van der Waals surface area contributed by atoms with Crippen LogP contribution in [0.1, 0.15) is 26.3 Å². The number of benzene rings is 3. The predicted octanol–water partition coefficient (Wildman–Crippen LogP) is 6.77. The molecule has 0 N–H and O–H groups in total. The molecule has 0 saturated carbocycles. The Balaban J connectivity index is 2.08. The fraction of sp³-hybridized carbons (Fsp3) is 0.103. The highest BCUT2D eigenvalue weighted by Gasteiger charge is 2.28. The Hall–Kier alpha value is -4.18. The molecule has 0 fully saturated rings. The van der Waals surface area contributed by atoms with Gasteiger partial charge in [0.25, 0.3) is 0 Å². The number of carbonyl (C=O) groups is 2. The monoisotopic (exact) mass is 432 g/mol. The van der Waals surface area contributed by atoms with E-state index < -0.39 is 11.9 Å². The number of esters is 2.